The van der Waals surface area contributed by atoms with E-state index in [0.717, 1.165) is 44.6 Å². The van der Waals surface area contributed by atoms with Crippen LogP contribution in [0.15, 0.2) is 29.3 Å². The van der Waals surface area contributed by atoms with E-state index >= 15 is 0 Å². The van der Waals surface area contributed by atoms with E-state index < -0.39 is 0 Å². The summed E-state index contributed by atoms with van der Waals surface area (Å²) in [4.78, 5) is 4.83. The van der Waals surface area contributed by atoms with E-state index in [-0.39, 0.29) is 5.41 Å². The van der Waals surface area contributed by atoms with Gasteiger partial charge in [-0.3, -0.25) is 4.99 Å². The van der Waals surface area contributed by atoms with Crippen molar-refractivity contribution >= 4 is 11.4 Å². The van der Waals surface area contributed by atoms with Crippen molar-refractivity contribution in [1.29, 1.82) is 0 Å². The van der Waals surface area contributed by atoms with Gasteiger partial charge in [0.2, 0.25) is 0 Å². The predicted octanol–water partition coefficient (Wildman–Crippen LogP) is 1.64. The molecule has 1 fully saturated rings. The Labute approximate surface area is 102 Å². The third-order valence-corrected chi connectivity index (χ3v) is 4.17. The molecular weight excluding hydrogens is 210 g/mol. The van der Waals surface area contributed by atoms with Gasteiger partial charge in [0, 0.05) is 24.1 Å². The Balaban J connectivity index is 1.91. The van der Waals surface area contributed by atoms with Crippen LogP contribution in [-0.4, -0.2) is 25.3 Å². The van der Waals surface area contributed by atoms with Gasteiger partial charge in [-0.25, -0.2) is 0 Å². The van der Waals surface area contributed by atoms with Crippen molar-refractivity contribution in [2.24, 2.45) is 16.1 Å². The molecule has 3 nitrogen and oxygen atoms in total. The van der Waals surface area contributed by atoms with Gasteiger partial charge in [0.1, 0.15) is 0 Å². The fourth-order valence-corrected chi connectivity index (χ4v) is 2.96. The minimum atomic E-state index is 0.143. The summed E-state index contributed by atoms with van der Waals surface area (Å²) in [6.45, 7) is 2.85. The van der Waals surface area contributed by atoms with Crippen LogP contribution >= 0.6 is 0 Å². The van der Waals surface area contributed by atoms with Gasteiger partial charge in [-0.1, -0.05) is 18.2 Å². The normalized spacial score (nSPS) is 22.1. The molecule has 0 bridgehead atoms. The van der Waals surface area contributed by atoms with Crippen LogP contribution in [0.4, 0.5) is 5.69 Å². The molecule has 0 amide bonds. The second-order valence-electron chi connectivity index (χ2n) is 5.10. The number of nitrogens with one attached hydrogen (secondary N) is 1. The number of hydrogen-bond donors (Lipinski definition) is 2. The van der Waals surface area contributed by atoms with Gasteiger partial charge < -0.3 is 11.1 Å². The van der Waals surface area contributed by atoms with Crippen LogP contribution in [0.2, 0.25) is 0 Å². The first-order chi connectivity index (χ1) is 8.34. The summed E-state index contributed by atoms with van der Waals surface area (Å²) in [5.41, 5.74) is 10.00. The zero-order valence-electron chi connectivity index (χ0n) is 10.1. The maximum atomic E-state index is 6.04. The van der Waals surface area contributed by atoms with Gasteiger partial charge in [-0.15, -0.1) is 0 Å². The highest BCUT2D eigenvalue weighted by Crippen LogP contribution is 2.37. The number of fused-ring (bicyclic) bond motifs is 1. The standard InChI is InChI=1S/C14H19N3/c15-10-14(5-7-16-8-6-14)13-9-11-3-1-2-4-12(11)17-13/h1-4,16H,5-10,15H2. The molecule has 0 aliphatic carbocycles. The first kappa shape index (κ1) is 10.9. The molecule has 1 aromatic carbocycles. The quantitative estimate of drug-likeness (QED) is 0.810. The molecule has 0 spiro atoms. The van der Waals surface area contributed by atoms with E-state index in [2.05, 4.69) is 29.6 Å². The van der Waals surface area contributed by atoms with Crippen LogP contribution in [0.3, 0.4) is 0 Å². The summed E-state index contributed by atoms with van der Waals surface area (Å²) in [5, 5.41) is 3.41. The summed E-state index contributed by atoms with van der Waals surface area (Å²) >= 11 is 0. The number of nitrogens with two attached hydrogens (primary N) is 1. The molecule has 1 aromatic rings. The minimum Gasteiger partial charge on any atom is -0.330 e. The molecule has 3 rings (SSSR count). The summed E-state index contributed by atoms with van der Waals surface area (Å²) < 4.78 is 0. The van der Waals surface area contributed by atoms with Crippen molar-refractivity contribution in [3.63, 3.8) is 0 Å². The van der Waals surface area contributed by atoms with E-state index in [1.165, 1.54) is 11.3 Å². The first-order valence-electron chi connectivity index (χ1n) is 6.41. The number of benzene rings is 1. The zero-order valence-corrected chi connectivity index (χ0v) is 10.1. The third kappa shape index (κ3) is 1.79. The first-order valence-corrected chi connectivity index (χ1v) is 6.41. The summed E-state index contributed by atoms with van der Waals surface area (Å²) in [6, 6.07) is 8.43. The molecule has 0 saturated carbocycles. The van der Waals surface area contributed by atoms with Gasteiger partial charge in [0.25, 0.3) is 0 Å². The van der Waals surface area contributed by atoms with Gasteiger partial charge >= 0.3 is 0 Å². The van der Waals surface area contributed by atoms with Crippen molar-refractivity contribution in [2.75, 3.05) is 19.6 Å². The van der Waals surface area contributed by atoms with Crippen molar-refractivity contribution < 1.29 is 0 Å². The maximum Gasteiger partial charge on any atom is 0.0665 e. The fraction of sp³-hybridized carbons (Fsp3) is 0.500. The summed E-state index contributed by atoms with van der Waals surface area (Å²) in [5.74, 6) is 0. The minimum absolute atomic E-state index is 0.143. The second kappa shape index (κ2) is 4.24. The number of rotatable bonds is 2. The Hall–Kier alpha value is -1.19. The van der Waals surface area contributed by atoms with Crippen LogP contribution in [0.1, 0.15) is 18.4 Å². The van der Waals surface area contributed by atoms with Gasteiger partial charge in [-0.05, 0) is 37.6 Å². The number of para-hydroxylation sites is 1. The zero-order chi connectivity index (χ0) is 11.7. The van der Waals surface area contributed by atoms with Gasteiger partial charge in [0.15, 0.2) is 0 Å². The Morgan fingerprint density at radius 1 is 1.24 bits per heavy atom. The molecule has 2 aliphatic heterocycles. The Kier molecular flexibility index (Phi) is 2.73. The fourth-order valence-electron chi connectivity index (χ4n) is 2.96. The second-order valence-corrected chi connectivity index (χ2v) is 5.10. The lowest BCUT2D eigenvalue weighted by Crippen LogP contribution is -2.47. The SMILES string of the molecule is NCC1(C2=Nc3ccccc3C2)CCNCC1. The molecule has 0 unspecified atom stereocenters. The Morgan fingerprint density at radius 2 is 2.00 bits per heavy atom. The maximum absolute atomic E-state index is 6.04. The van der Waals surface area contributed by atoms with Crippen LogP contribution in [0.5, 0.6) is 0 Å². The molecule has 1 saturated heterocycles. The van der Waals surface area contributed by atoms with Crippen LogP contribution < -0.4 is 11.1 Å². The van der Waals surface area contributed by atoms with Crippen molar-refractivity contribution in [3.05, 3.63) is 29.8 Å². The topological polar surface area (TPSA) is 50.4 Å². The van der Waals surface area contributed by atoms with Crippen molar-refractivity contribution in [2.45, 2.75) is 19.3 Å². The molecule has 90 valence electrons. The Morgan fingerprint density at radius 3 is 2.71 bits per heavy atom. The molecule has 3 heteroatoms. The highest BCUT2D eigenvalue weighted by atomic mass is 14.9. The van der Waals surface area contributed by atoms with Crippen LogP contribution in [0, 0.1) is 5.41 Å². The van der Waals surface area contributed by atoms with Gasteiger partial charge in [-0.2, -0.15) is 0 Å². The van der Waals surface area contributed by atoms with E-state index in [1.807, 2.05) is 0 Å². The number of aliphatic imine (C=N–C) groups is 1. The monoisotopic (exact) mass is 229 g/mol. The van der Waals surface area contributed by atoms with E-state index in [1.54, 1.807) is 0 Å². The smallest absolute Gasteiger partial charge is 0.0665 e. The van der Waals surface area contributed by atoms with Crippen molar-refractivity contribution in [3.8, 4) is 0 Å². The predicted molar refractivity (Wildman–Crippen MR) is 70.8 cm³/mol. The number of piperidine rings is 1. The molecule has 17 heavy (non-hydrogen) atoms. The lowest BCUT2D eigenvalue weighted by atomic mass is 9.73. The molecule has 3 N–H and O–H groups in total. The average Bonchev–Trinajstić information content (AvgIpc) is 2.84. The molecule has 2 heterocycles. The number of nitrogens with zero attached hydrogens (tertiary/aromatic N) is 1. The lowest BCUT2D eigenvalue weighted by molar-refractivity contribution is 0.305. The van der Waals surface area contributed by atoms with E-state index in [4.69, 9.17) is 10.7 Å². The Bertz CT molecular complexity index is 445. The largest absolute Gasteiger partial charge is 0.330 e. The third-order valence-electron chi connectivity index (χ3n) is 4.17. The number of hydrogen-bond acceptors (Lipinski definition) is 3. The van der Waals surface area contributed by atoms with Crippen molar-refractivity contribution in [1.82, 2.24) is 5.32 Å². The highest BCUT2D eigenvalue weighted by Gasteiger charge is 2.37. The molecule has 0 atom stereocenters. The average molecular weight is 229 g/mol. The highest BCUT2D eigenvalue weighted by molar-refractivity contribution is 5.98. The van der Waals surface area contributed by atoms with E-state index in [0.29, 0.717) is 0 Å². The molecular formula is C14H19N3. The molecule has 2 aliphatic rings. The summed E-state index contributed by atoms with van der Waals surface area (Å²) in [7, 11) is 0. The van der Waals surface area contributed by atoms with Gasteiger partial charge in [0.05, 0.1) is 5.69 Å². The van der Waals surface area contributed by atoms with Crippen LogP contribution in [0.25, 0.3) is 0 Å². The molecule has 0 aromatic heterocycles. The summed E-state index contributed by atoms with van der Waals surface area (Å²) in [6.07, 6.45) is 3.24. The molecule has 0 radical (unpaired) electrons. The van der Waals surface area contributed by atoms with E-state index in [9.17, 15) is 0 Å². The van der Waals surface area contributed by atoms with Crippen LogP contribution in [-0.2, 0) is 6.42 Å². The lowest BCUT2D eigenvalue weighted by Gasteiger charge is -2.36.